The maximum atomic E-state index is 2.50. The van der Waals surface area contributed by atoms with Crippen LogP contribution < -0.4 is 3.58 Å². The van der Waals surface area contributed by atoms with E-state index in [-0.39, 0.29) is 0 Å². The summed E-state index contributed by atoms with van der Waals surface area (Å²) in [5, 5.41) is 0. The molecule has 0 radical (unpaired) electrons. The van der Waals surface area contributed by atoms with Crippen LogP contribution in [0.2, 0.25) is 13.3 Å². The van der Waals surface area contributed by atoms with Crippen LogP contribution in [-0.4, -0.2) is 24.6 Å². The molecule has 2 heteroatoms. The van der Waals surface area contributed by atoms with Gasteiger partial charge in [-0.3, -0.25) is 0 Å². The third-order valence-corrected chi connectivity index (χ3v) is 21.7. The predicted octanol–water partition coefficient (Wildman–Crippen LogP) is 6.46. The van der Waals surface area contributed by atoms with E-state index in [0.717, 1.165) is 0 Å². The minimum absolute atomic E-state index is 1.36. The molecule has 0 saturated heterocycles. The molecule has 0 nitrogen and oxygen atoms in total. The summed E-state index contributed by atoms with van der Waals surface area (Å²) >= 11 is -0.236. The van der Waals surface area contributed by atoms with Crippen LogP contribution in [-0.2, 0) is 0 Å². The Morgan fingerprint density at radius 3 is 1.71 bits per heavy atom. The van der Waals surface area contributed by atoms with Crippen LogP contribution in [0.4, 0.5) is 0 Å². The van der Waals surface area contributed by atoms with Crippen LogP contribution in [0.15, 0.2) is 29.2 Å². The number of hydrogen-bond acceptors (Lipinski definition) is 1. The first-order valence-corrected chi connectivity index (χ1v) is 17.6. The van der Waals surface area contributed by atoms with Crippen molar-refractivity contribution in [3.05, 3.63) is 24.3 Å². The quantitative estimate of drug-likeness (QED) is 0.296. The van der Waals surface area contributed by atoms with E-state index in [0.29, 0.717) is 0 Å². The average Bonchev–Trinajstić information content (AvgIpc) is 2.54. The summed E-state index contributed by atoms with van der Waals surface area (Å²) in [7, 11) is 0. The number of benzene rings is 1. The van der Waals surface area contributed by atoms with E-state index in [9.17, 15) is 0 Å². The van der Waals surface area contributed by atoms with E-state index in [4.69, 9.17) is 0 Å². The van der Waals surface area contributed by atoms with Crippen LogP contribution in [0.1, 0.15) is 59.3 Å². The van der Waals surface area contributed by atoms with Crippen LogP contribution in [0.3, 0.4) is 0 Å². The molecular weight excluding hydrogens is 379 g/mol. The van der Waals surface area contributed by atoms with Gasteiger partial charge in [-0.25, -0.2) is 0 Å². The summed E-state index contributed by atoms with van der Waals surface area (Å²) in [5.41, 5.74) is 0. The normalized spacial score (nSPS) is 11.8. The second-order valence-corrected chi connectivity index (χ2v) is 20.3. The van der Waals surface area contributed by atoms with E-state index < -0.39 is 18.4 Å². The molecule has 0 aromatic heterocycles. The van der Waals surface area contributed by atoms with E-state index in [2.05, 4.69) is 51.3 Å². The first kappa shape index (κ1) is 19.4. The van der Waals surface area contributed by atoms with Gasteiger partial charge in [0.05, 0.1) is 0 Å². The molecule has 21 heavy (non-hydrogen) atoms. The van der Waals surface area contributed by atoms with Gasteiger partial charge >= 0.3 is 142 Å². The summed E-state index contributed by atoms with van der Waals surface area (Å²) in [6, 6.07) is 9.40. The first-order chi connectivity index (χ1) is 10.2. The molecule has 0 amide bonds. The van der Waals surface area contributed by atoms with Crippen molar-refractivity contribution in [1.29, 1.82) is 0 Å². The Labute approximate surface area is 141 Å². The Balaban J connectivity index is 3.16. The van der Waals surface area contributed by atoms with Crippen LogP contribution in [0, 0.1) is 0 Å². The van der Waals surface area contributed by atoms with Gasteiger partial charge in [-0.1, -0.05) is 0 Å². The topological polar surface area (TPSA) is 0 Å². The second-order valence-electron chi connectivity index (χ2n) is 6.29. The number of unbranched alkanes of at least 4 members (excludes halogenated alkanes) is 3. The summed E-state index contributed by atoms with van der Waals surface area (Å²) in [6.45, 7) is 7.07. The molecule has 0 aliphatic rings. The van der Waals surface area contributed by atoms with Gasteiger partial charge in [0.1, 0.15) is 0 Å². The summed E-state index contributed by atoms with van der Waals surface area (Å²) < 4.78 is 6.56. The molecule has 0 fully saturated rings. The van der Waals surface area contributed by atoms with Crippen molar-refractivity contribution in [1.82, 2.24) is 0 Å². The third kappa shape index (κ3) is 5.82. The summed E-state index contributed by atoms with van der Waals surface area (Å²) in [6.07, 6.45) is 10.7. The molecule has 1 rings (SSSR count). The van der Waals surface area contributed by atoms with Crippen LogP contribution in [0.5, 0.6) is 0 Å². The zero-order valence-corrected chi connectivity index (χ0v) is 18.3. The molecule has 0 saturated carbocycles. The van der Waals surface area contributed by atoms with Crippen molar-refractivity contribution < 1.29 is 0 Å². The Morgan fingerprint density at radius 2 is 1.29 bits per heavy atom. The van der Waals surface area contributed by atoms with Crippen molar-refractivity contribution in [2.24, 2.45) is 0 Å². The SMILES string of the molecule is CCC[CH2][Sn]([CH2]CCC)([CH2]CCC)[c]1ccccc1SC. The van der Waals surface area contributed by atoms with Gasteiger partial charge < -0.3 is 0 Å². The molecule has 0 heterocycles. The fraction of sp³-hybridized carbons (Fsp3) is 0.684. The average molecular weight is 413 g/mol. The van der Waals surface area contributed by atoms with Gasteiger partial charge in [0, 0.05) is 0 Å². The van der Waals surface area contributed by atoms with Gasteiger partial charge in [0.2, 0.25) is 0 Å². The van der Waals surface area contributed by atoms with Crippen molar-refractivity contribution in [2.75, 3.05) is 6.26 Å². The minimum atomic E-state index is -2.21. The van der Waals surface area contributed by atoms with Crippen molar-refractivity contribution in [2.45, 2.75) is 77.5 Å². The monoisotopic (exact) mass is 414 g/mol. The first-order valence-electron chi connectivity index (χ1n) is 8.87. The van der Waals surface area contributed by atoms with Gasteiger partial charge in [-0.05, 0) is 0 Å². The van der Waals surface area contributed by atoms with Crippen molar-refractivity contribution in [3.63, 3.8) is 0 Å². The van der Waals surface area contributed by atoms with Crippen LogP contribution >= 0.6 is 11.8 Å². The van der Waals surface area contributed by atoms with Crippen molar-refractivity contribution >= 4 is 33.7 Å². The molecule has 1 aromatic rings. The molecule has 0 N–H and O–H groups in total. The van der Waals surface area contributed by atoms with Crippen molar-refractivity contribution in [3.8, 4) is 0 Å². The Kier molecular flexibility index (Phi) is 10.2. The van der Waals surface area contributed by atoms with Gasteiger partial charge in [-0.15, -0.1) is 0 Å². The molecule has 0 unspecified atom stereocenters. The zero-order chi connectivity index (χ0) is 15.6. The number of thioether (sulfide) groups is 1. The standard InChI is InChI=1S/C7H7S.3C4H9.Sn/c1-8-7-5-3-2-4-6-7;3*1-3-4-2;/h2-5H,1H3;3*1,3-4H2,2H3;. The Morgan fingerprint density at radius 1 is 0.810 bits per heavy atom. The number of rotatable bonds is 11. The maximum absolute atomic E-state index is 2.50. The van der Waals surface area contributed by atoms with Gasteiger partial charge in [0.15, 0.2) is 0 Å². The molecule has 1 aromatic carbocycles. The Bertz CT molecular complexity index is 367. The number of hydrogen-bond donors (Lipinski definition) is 0. The van der Waals surface area contributed by atoms with E-state index in [1.165, 1.54) is 38.5 Å². The fourth-order valence-electron chi connectivity index (χ4n) is 3.41. The molecular formula is C19H34SSn. The van der Waals surface area contributed by atoms with Gasteiger partial charge in [0.25, 0.3) is 0 Å². The molecule has 0 aliphatic heterocycles. The van der Waals surface area contributed by atoms with E-state index in [1.54, 1.807) is 18.2 Å². The molecule has 0 atom stereocenters. The summed E-state index contributed by atoms with van der Waals surface area (Å²) in [5.74, 6) is 0. The van der Waals surface area contributed by atoms with Gasteiger partial charge in [-0.2, -0.15) is 0 Å². The van der Waals surface area contributed by atoms with E-state index in [1.807, 2.05) is 15.3 Å². The third-order valence-electron chi connectivity index (χ3n) is 4.70. The van der Waals surface area contributed by atoms with Crippen LogP contribution in [0.25, 0.3) is 0 Å². The Hall–Kier alpha value is 0.369. The second kappa shape index (κ2) is 11.0. The summed E-state index contributed by atoms with van der Waals surface area (Å²) in [4.78, 5) is 1.59. The molecule has 0 aliphatic carbocycles. The zero-order valence-electron chi connectivity index (χ0n) is 14.6. The molecule has 0 spiro atoms. The predicted molar refractivity (Wildman–Crippen MR) is 103 cm³/mol. The molecule has 0 bridgehead atoms. The fourth-order valence-corrected chi connectivity index (χ4v) is 22.5. The van der Waals surface area contributed by atoms with E-state index >= 15 is 0 Å². The molecule has 120 valence electrons.